The summed E-state index contributed by atoms with van der Waals surface area (Å²) in [6.45, 7) is 0. The molecule has 3 N–H and O–H groups in total. The number of aromatic amines is 1. The maximum atomic E-state index is 11.8. The molecule has 19 heavy (non-hydrogen) atoms. The summed E-state index contributed by atoms with van der Waals surface area (Å²) >= 11 is 0. The predicted molar refractivity (Wildman–Crippen MR) is 63.2 cm³/mol. The van der Waals surface area contributed by atoms with Crippen molar-refractivity contribution in [2.45, 2.75) is 12.5 Å². The van der Waals surface area contributed by atoms with Crippen LogP contribution in [0.15, 0.2) is 30.9 Å². The molecule has 8 heteroatoms. The normalized spacial score (nSPS) is 11.8. The number of aliphatic carboxylic acids is 1. The smallest absolute Gasteiger partial charge is 0.326 e. The molecule has 0 saturated heterocycles. The van der Waals surface area contributed by atoms with Gasteiger partial charge >= 0.3 is 5.97 Å². The number of hydrogen-bond acceptors (Lipinski definition) is 5. The molecule has 0 radical (unpaired) electrons. The van der Waals surface area contributed by atoms with Gasteiger partial charge in [0, 0.05) is 24.5 Å². The minimum absolute atomic E-state index is 0.0679. The summed E-state index contributed by atoms with van der Waals surface area (Å²) in [6, 6.07) is 1.94. The Morgan fingerprint density at radius 3 is 2.89 bits per heavy atom. The van der Waals surface area contributed by atoms with E-state index in [-0.39, 0.29) is 12.1 Å². The zero-order valence-corrected chi connectivity index (χ0v) is 9.78. The van der Waals surface area contributed by atoms with Crippen LogP contribution in [-0.4, -0.2) is 43.2 Å². The van der Waals surface area contributed by atoms with E-state index in [1.807, 2.05) is 0 Å². The van der Waals surface area contributed by atoms with E-state index >= 15 is 0 Å². The molecule has 0 bridgehead atoms. The van der Waals surface area contributed by atoms with Crippen molar-refractivity contribution < 1.29 is 14.7 Å². The van der Waals surface area contributed by atoms with Crippen LogP contribution < -0.4 is 5.32 Å². The van der Waals surface area contributed by atoms with Gasteiger partial charge in [0.15, 0.2) is 5.69 Å². The van der Waals surface area contributed by atoms with Gasteiger partial charge in [-0.3, -0.25) is 4.79 Å². The summed E-state index contributed by atoms with van der Waals surface area (Å²) < 4.78 is 0. The average Bonchev–Trinajstić information content (AvgIpc) is 2.91. The van der Waals surface area contributed by atoms with Gasteiger partial charge in [-0.15, -0.1) is 5.10 Å². The molecule has 0 aromatic carbocycles. The summed E-state index contributed by atoms with van der Waals surface area (Å²) in [6.07, 6.45) is 4.49. The average molecular weight is 261 g/mol. The highest BCUT2D eigenvalue weighted by Crippen LogP contribution is 2.00. The lowest BCUT2D eigenvalue weighted by Crippen LogP contribution is -2.42. The number of H-pyrrole nitrogens is 1. The van der Waals surface area contributed by atoms with Crippen molar-refractivity contribution in [2.75, 3.05) is 0 Å². The van der Waals surface area contributed by atoms with Crippen LogP contribution >= 0.6 is 0 Å². The maximum Gasteiger partial charge on any atom is 0.326 e. The fourth-order valence-electron chi connectivity index (χ4n) is 1.47. The molecule has 0 aliphatic rings. The van der Waals surface area contributed by atoms with Crippen molar-refractivity contribution in [1.29, 1.82) is 0 Å². The molecule has 0 unspecified atom stereocenters. The Hall–Kier alpha value is -2.77. The minimum Gasteiger partial charge on any atom is -0.480 e. The van der Waals surface area contributed by atoms with Crippen LogP contribution in [0, 0.1) is 0 Å². The van der Waals surface area contributed by atoms with Crippen LogP contribution in [0.1, 0.15) is 16.2 Å². The van der Waals surface area contributed by atoms with Crippen molar-refractivity contribution >= 4 is 11.9 Å². The van der Waals surface area contributed by atoms with E-state index in [1.54, 1.807) is 6.07 Å². The molecule has 0 spiro atoms. The Morgan fingerprint density at radius 1 is 1.47 bits per heavy atom. The third-order valence-corrected chi connectivity index (χ3v) is 2.39. The minimum atomic E-state index is -1.13. The van der Waals surface area contributed by atoms with Crippen LogP contribution in [0.2, 0.25) is 0 Å². The number of nitrogens with one attached hydrogen (secondary N) is 2. The summed E-state index contributed by atoms with van der Waals surface area (Å²) in [7, 11) is 0. The van der Waals surface area contributed by atoms with Crippen molar-refractivity contribution in [3.8, 4) is 0 Å². The molecule has 0 fully saturated rings. The van der Waals surface area contributed by atoms with Gasteiger partial charge in [0.25, 0.3) is 5.91 Å². The van der Waals surface area contributed by atoms with Gasteiger partial charge in [-0.25, -0.2) is 9.78 Å². The molecular formula is C11H11N5O3. The standard InChI is InChI=1S/C11H11N5O3/c17-10(8-2-1-3-14-16-8)15-9(11(18)19)4-7-5-12-6-13-7/h1-3,5-6,9H,4H2,(H,12,13)(H,15,17)(H,18,19)/t9-/m0/s1. The number of amides is 1. The van der Waals surface area contributed by atoms with E-state index < -0.39 is 17.9 Å². The van der Waals surface area contributed by atoms with Crippen LogP contribution in [0.4, 0.5) is 0 Å². The van der Waals surface area contributed by atoms with Gasteiger partial charge in [0.05, 0.1) is 6.33 Å². The summed E-state index contributed by atoms with van der Waals surface area (Å²) in [5.41, 5.74) is 0.685. The topological polar surface area (TPSA) is 121 Å². The Balaban J connectivity index is 2.05. The monoisotopic (exact) mass is 261 g/mol. The first-order valence-corrected chi connectivity index (χ1v) is 5.45. The zero-order valence-electron chi connectivity index (χ0n) is 9.78. The molecule has 0 aliphatic heterocycles. The maximum absolute atomic E-state index is 11.8. The largest absolute Gasteiger partial charge is 0.480 e. The van der Waals surface area contributed by atoms with Crippen LogP contribution in [0.25, 0.3) is 0 Å². The second-order valence-electron chi connectivity index (χ2n) is 3.75. The van der Waals surface area contributed by atoms with E-state index in [2.05, 4.69) is 25.5 Å². The fourth-order valence-corrected chi connectivity index (χ4v) is 1.47. The van der Waals surface area contributed by atoms with Gasteiger partial charge in [-0.05, 0) is 12.1 Å². The molecule has 1 atom stereocenters. The van der Waals surface area contributed by atoms with Gasteiger partial charge in [0.1, 0.15) is 6.04 Å². The quantitative estimate of drug-likeness (QED) is 0.675. The van der Waals surface area contributed by atoms with Crippen molar-refractivity contribution in [2.24, 2.45) is 0 Å². The number of hydrogen-bond donors (Lipinski definition) is 3. The zero-order chi connectivity index (χ0) is 13.7. The third-order valence-electron chi connectivity index (χ3n) is 2.39. The molecule has 2 aromatic rings. The molecule has 2 rings (SSSR count). The van der Waals surface area contributed by atoms with Gasteiger partial charge < -0.3 is 15.4 Å². The summed E-state index contributed by atoms with van der Waals surface area (Å²) in [5.74, 6) is -1.72. The van der Waals surface area contributed by atoms with E-state index in [0.717, 1.165) is 0 Å². The number of carbonyl (C=O) groups excluding carboxylic acids is 1. The first-order valence-electron chi connectivity index (χ1n) is 5.45. The Bertz CT molecular complexity index is 555. The van der Waals surface area contributed by atoms with Crippen molar-refractivity contribution in [3.63, 3.8) is 0 Å². The fraction of sp³-hybridized carbons (Fsp3) is 0.182. The van der Waals surface area contributed by atoms with E-state index in [0.29, 0.717) is 5.69 Å². The Morgan fingerprint density at radius 2 is 2.32 bits per heavy atom. The first kappa shape index (κ1) is 12.7. The number of aromatic nitrogens is 4. The second kappa shape index (κ2) is 5.71. The van der Waals surface area contributed by atoms with Crippen molar-refractivity contribution in [1.82, 2.24) is 25.5 Å². The second-order valence-corrected chi connectivity index (χ2v) is 3.75. The highest BCUT2D eigenvalue weighted by molar-refractivity contribution is 5.94. The molecule has 98 valence electrons. The van der Waals surface area contributed by atoms with Gasteiger partial charge in [-0.1, -0.05) is 0 Å². The van der Waals surface area contributed by atoms with E-state index in [9.17, 15) is 9.59 Å². The Labute approximate surface area is 107 Å². The highest BCUT2D eigenvalue weighted by atomic mass is 16.4. The molecule has 0 aliphatic carbocycles. The molecular weight excluding hydrogens is 250 g/mol. The van der Waals surface area contributed by atoms with Crippen LogP contribution in [-0.2, 0) is 11.2 Å². The lowest BCUT2D eigenvalue weighted by Gasteiger charge is -2.12. The van der Waals surface area contributed by atoms with Gasteiger partial charge in [-0.2, -0.15) is 5.10 Å². The number of nitrogens with zero attached hydrogens (tertiary/aromatic N) is 3. The number of imidazole rings is 1. The van der Waals surface area contributed by atoms with Crippen molar-refractivity contribution in [3.05, 3.63) is 42.2 Å². The summed E-state index contributed by atoms with van der Waals surface area (Å²) in [4.78, 5) is 29.5. The molecule has 1 amide bonds. The highest BCUT2D eigenvalue weighted by Gasteiger charge is 2.22. The molecule has 0 saturated carbocycles. The summed E-state index contributed by atoms with van der Waals surface area (Å²) in [5, 5.41) is 18.6. The van der Waals surface area contributed by atoms with E-state index in [4.69, 9.17) is 5.11 Å². The van der Waals surface area contributed by atoms with Crippen LogP contribution in [0.3, 0.4) is 0 Å². The first-order chi connectivity index (χ1) is 9.16. The predicted octanol–water partition coefficient (Wildman–Crippen LogP) is -0.375. The SMILES string of the molecule is O=C(N[C@@H](Cc1cnc[nH]1)C(=O)O)c1cccnn1. The van der Waals surface area contributed by atoms with Crippen LogP contribution in [0.5, 0.6) is 0 Å². The lowest BCUT2D eigenvalue weighted by molar-refractivity contribution is -0.139. The lowest BCUT2D eigenvalue weighted by atomic mass is 10.1. The molecule has 2 heterocycles. The van der Waals surface area contributed by atoms with E-state index in [1.165, 1.54) is 24.8 Å². The molecule has 2 aromatic heterocycles. The third kappa shape index (κ3) is 3.35. The van der Waals surface area contributed by atoms with Gasteiger partial charge in [0.2, 0.25) is 0 Å². The Kier molecular flexibility index (Phi) is 3.81. The number of carboxylic acid groups (broad SMARTS) is 1. The number of carboxylic acids is 1. The number of carbonyl (C=O) groups is 2. The number of rotatable bonds is 5. The molecule has 8 nitrogen and oxygen atoms in total.